The standard InChI is InChI=1S/C14H17N5OS2/c1-9(2)7-15-13(21)19-18-12(20)8-16-14-17-10-5-3-4-6-11(10)22-14/h3-6H,1,7-8H2,2H3,(H,16,17)(H,18,20)(H2,15,19,21). The predicted octanol–water partition coefficient (Wildman–Crippen LogP) is 1.78. The van der Waals surface area contributed by atoms with Gasteiger partial charge in [0.05, 0.1) is 16.8 Å². The van der Waals surface area contributed by atoms with Gasteiger partial charge < -0.3 is 10.6 Å². The molecule has 2 aromatic rings. The number of para-hydroxylation sites is 1. The highest BCUT2D eigenvalue weighted by atomic mass is 32.1. The summed E-state index contributed by atoms with van der Waals surface area (Å²) in [5, 5.41) is 6.94. The van der Waals surface area contributed by atoms with Gasteiger partial charge in [0.15, 0.2) is 10.2 Å². The number of carbonyl (C=O) groups is 1. The van der Waals surface area contributed by atoms with Crippen LogP contribution in [0.2, 0.25) is 0 Å². The number of amides is 1. The first-order chi connectivity index (χ1) is 10.5. The summed E-state index contributed by atoms with van der Waals surface area (Å²) in [5.41, 5.74) is 6.99. The van der Waals surface area contributed by atoms with Crippen molar-refractivity contribution in [2.45, 2.75) is 6.92 Å². The lowest BCUT2D eigenvalue weighted by molar-refractivity contribution is -0.119. The van der Waals surface area contributed by atoms with Crippen LogP contribution in [0.5, 0.6) is 0 Å². The summed E-state index contributed by atoms with van der Waals surface area (Å²) in [6, 6.07) is 7.82. The molecule has 0 unspecified atom stereocenters. The van der Waals surface area contributed by atoms with Gasteiger partial charge in [-0.3, -0.25) is 15.6 Å². The maximum Gasteiger partial charge on any atom is 0.257 e. The third kappa shape index (κ3) is 4.97. The average molecular weight is 335 g/mol. The van der Waals surface area contributed by atoms with Gasteiger partial charge in [0.25, 0.3) is 5.91 Å². The molecule has 8 heteroatoms. The number of aromatic nitrogens is 1. The van der Waals surface area contributed by atoms with Gasteiger partial charge in [-0.15, -0.1) is 0 Å². The van der Waals surface area contributed by atoms with E-state index in [1.165, 1.54) is 11.3 Å². The summed E-state index contributed by atoms with van der Waals surface area (Å²) in [5.74, 6) is -0.237. The predicted molar refractivity (Wildman–Crippen MR) is 94.8 cm³/mol. The van der Waals surface area contributed by atoms with Gasteiger partial charge in [0.1, 0.15) is 0 Å². The van der Waals surface area contributed by atoms with Crippen LogP contribution in [0, 0.1) is 0 Å². The van der Waals surface area contributed by atoms with Crippen molar-refractivity contribution >= 4 is 49.9 Å². The molecule has 0 saturated heterocycles. The van der Waals surface area contributed by atoms with E-state index in [9.17, 15) is 4.79 Å². The fourth-order valence-corrected chi connectivity index (χ4v) is 2.53. The third-order valence-corrected chi connectivity index (χ3v) is 3.80. The van der Waals surface area contributed by atoms with Crippen molar-refractivity contribution < 1.29 is 4.79 Å². The lowest BCUT2D eigenvalue weighted by atomic mass is 10.3. The monoisotopic (exact) mass is 335 g/mol. The summed E-state index contributed by atoms with van der Waals surface area (Å²) >= 11 is 6.51. The van der Waals surface area contributed by atoms with Crippen LogP contribution in [-0.2, 0) is 4.79 Å². The molecule has 0 radical (unpaired) electrons. The highest BCUT2D eigenvalue weighted by molar-refractivity contribution is 7.80. The number of fused-ring (bicyclic) bond motifs is 1. The Labute approximate surface area is 138 Å². The van der Waals surface area contributed by atoms with E-state index >= 15 is 0 Å². The SMILES string of the molecule is C=C(C)CNC(=S)NNC(=O)CNc1nc2ccccc2s1. The van der Waals surface area contributed by atoms with Crippen LogP contribution in [-0.4, -0.2) is 29.1 Å². The van der Waals surface area contributed by atoms with Crippen molar-refractivity contribution in [1.29, 1.82) is 0 Å². The Bertz CT molecular complexity index is 664. The second kappa shape index (κ2) is 7.71. The Kier molecular flexibility index (Phi) is 5.68. The summed E-state index contributed by atoms with van der Waals surface area (Å²) in [6.45, 7) is 6.30. The van der Waals surface area contributed by atoms with E-state index in [0.29, 0.717) is 16.8 Å². The molecule has 0 saturated carbocycles. The third-order valence-electron chi connectivity index (χ3n) is 2.56. The molecule has 4 N–H and O–H groups in total. The normalized spacial score (nSPS) is 10.0. The van der Waals surface area contributed by atoms with E-state index in [1.807, 2.05) is 31.2 Å². The lowest BCUT2D eigenvalue weighted by Crippen LogP contribution is -2.48. The lowest BCUT2D eigenvalue weighted by Gasteiger charge is -2.11. The number of carbonyl (C=O) groups excluding carboxylic acids is 1. The first-order valence-electron chi connectivity index (χ1n) is 6.61. The maximum atomic E-state index is 11.7. The van der Waals surface area contributed by atoms with E-state index in [0.717, 1.165) is 15.8 Å². The fourth-order valence-electron chi connectivity index (χ4n) is 1.55. The number of anilines is 1. The van der Waals surface area contributed by atoms with E-state index in [-0.39, 0.29) is 12.5 Å². The van der Waals surface area contributed by atoms with Gasteiger partial charge in [-0.1, -0.05) is 35.6 Å². The molecule has 1 amide bonds. The number of nitrogens with one attached hydrogen (secondary N) is 4. The minimum absolute atomic E-state index is 0.107. The van der Waals surface area contributed by atoms with Crippen molar-refractivity contribution in [1.82, 2.24) is 21.2 Å². The van der Waals surface area contributed by atoms with Gasteiger partial charge in [-0.2, -0.15) is 0 Å². The molecular weight excluding hydrogens is 318 g/mol. The highest BCUT2D eigenvalue weighted by Gasteiger charge is 2.05. The zero-order chi connectivity index (χ0) is 15.9. The van der Waals surface area contributed by atoms with Crippen LogP contribution >= 0.6 is 23.6 Å². The van der Waals surface area contributed by atoms with Gasteiger partial charge in [-0.25, -0.2) is 4.98 Å². The van der Waals surface area contributed by atoms with Crippen LogP contribution < -0.4 is 21.5 Å². The topological polar surface area (TPSA) is 78.1 Å². The molecule has 0 atom stereocenters. The summed E-state index contributed by atoms with van der Waals surface area (Å²) in [7, 11) is 0. The number of benzene rings is 1. The maximum absolute atomic E-state index is 11.7. The number of hydrogen-bond acceptors (Lipinski definition) is 5. The van der Waals surface area contributed by atoms with Crippen molar-refractivity contribution in [3.63, 3.8) is 0 Å². The molecule has 1 heterocycles. The molecule has 2 rings (SSSR count). The number of nitrogens with zero attached hydrogens (tertiary/aromatic N) is 1. The van der Waals surface area contributed by atoms with Crippen molar-refractivity contribution in [3.05, 3.63) is 36.4 Å². The number of thiocarbonyl (C=S) groups is 1. The zero-order valence-corrected chi connectivity index (χ0v) is 13.7. The van der Waals surface area contributed by atoms with Crippen molar-refractivity contribution in [2.75, 3.05) is 18.4 Å². The molecule has 0 fully saturated rings. The number of hydrazine groups is 1. The molecule has 116 valence electrons. The summed E-state index contributed by atoms with van der Waals surface area (Å²) < 4.78 is 1.08. The van der Waals surface area contributed by atoms with Crippen LogP contribution in [0.15, 0.2) is 36.4 Å². The van der Waals surface area contributed by atoms with Gasteiger partial charge in [-0.05, 0) is 31.3 Å². The van der Waals surface area contributed by atoms with E-state index in [1.54, 1.807) is 0 Å². The first-order valence-corrected chi connectivity index (χ1v) is 7.83. The first kappa shape index (κ1) is 16.2. The number of rotatable bonds is 5. The van der Waals surface area contributed by atoms with Crippen LogP contribution in [0.1, 0.15) is 6.92 Å². The minimum atomic E-state index is -0.237. The molecule has 0 aliphatic heterocycles. The zero-order valence-electron chi connectivity index (χ0n) is 12.1. The number of hydrogen-bond donors (Lipinski definition) is 4. The molecule has 6 nitrogen and oxygen atoms in total. The van der Waals surface area contributed by atoms with E-state index in [4.69, 9.17) is 12.2 Å². The van der Waals surface area contributed by atoms with E-state index < -0.39 is 0 Å². The smallest absolute Gasteiger partial charge is 0.257 e. The molecule has 0 aliphatic rings. The highest BCUT2D eigenvalue weighted by Crippen LogP contribution is 2.24. The second-order valence-corrected chi connectivity index (χ2v) is 6.09. The molecule has 22 heavy (non-hydrogen) atoms. The molecule has 0 bridgehead atoms. The number of thiazole rings is 1. The van der Waals surface area contributed by atoms with Gasteiger partial charge >= 0.3 is 0 Å². The molecule has 0 spiro atoms. The Morgan fingerprint density at radius 3 is 2.82 bits per heavy atom. The van der Waals surface area contributed by atoms with E-state index in [2.05, 4.69) is 33.0 Å². The molecular formula is C14H17N5OS2. The van der Waals surface area contributed by atoms with Gasteiger partial charge in [0, 0.05) is 6.54 Å². The second-order valence-electron chi connectivity index (χ2n) is 4.65. The van der Waals surface area contributed by atoms with Crippen LogP contribution in [0.25, 0.3) is 10.2 Å². The average Bonchev–Trinajstić information content (AvgIpc) is 2.91. The molecule has 1 aromatic carbocycles. The quantitative estimate of drug-likeness (QED) is 0.379. The van der Waals surface area contributed by atoms with Crippen molar-refractivity contribution in [2.24, 2.45) is 0 Å². The minimum Gasteiger partial charge on any atom is -0.358 e. The summed E-state index contributed by atoms with van der Waals surface area (Å²) in [4.78, 5) is 16.1. The molecule has 0 aliphatic carbocycles. The Morgan fingerprint density at radius 2 is 2.09 bits per heavy atom. The Hall–Kier alpha value is -2.19. The summed E-state index contributed by atoms with van der Waals surface area (Å²) in [6.07, 6.45) is 0. The van der Waals surface area contributed by atoms with Crippen LogP contribution in [0.4, 0.5) is 5.13 Å². The fraction of sp³-hybridized carbons (Fsp3) is 0.214. The van der Waals surface area contributed by atoms with Crippen molar-refractivity contribution in [3.8, 4) is 0 Å². The largest absolute Gasteiger partial charge is 0.358 e. The van der Waals surface area contributed by atoms with Gasteiger partial charge in [0.2, 0.25) is 0 Å². The van der Waals surface area contributed by atoms with Crippen LogP contribution in [0.3, 0.4) is 0 Å². The molecule has 1 aromatic heterocycles. The Morgan fingerprint density at radius 1 is 1.32 bits per heavy atom. The Balaban J connectivity index is 1.73.